The molecule has 4 nitrogen and oxygen atoms in total. The van der Waals surface area contributed by atoms with Gasteiger partial charge in [-0.2, -0.15) is 0 Å². The van der Waals surface area contributed by atoms with Crippen molar-refractivity contribution in [3.63, 3.8) is 0 Å². The Balaban J connectivity index is 3.39. The topological polar surface area (TPSA) is 65.7 Å². The molecule has 0 aromatic carbocycles. The SMILES string of the molecule is CC#Cc1[c][nH]c(=O)[nH]c1=O. The van der Waals surface area contributed by atoms with E-state index in [1.54, 1.807) is 6.92 Å². The molecule has 0 unspecified atom stereocenters. The molecule has 0 spiro atoms. The maximum Gasteiger partial charge on any atom is 0.326 e. The Labute approximate surface area is 62.3 Å². The third-order valence-electron chi connectivity index (χ3n) is 1.01. The zero-order valence-corrected chi connectivity index (χ0v) is 5.82. The van der Waals surface area contributed by atoms with E-state index < -0.39 is 11.2 Å². The molecule has 0 aliphatic rings. The highest BCUT2D eigenvalue weighted by molar-refractivity contribution is 5.27. The van der Waals surface area contributed by atoms with E-state index in [0.29, 0.717) is 0 Å². The van der Waals surface area contributed by atoms with Gasteiger partial charge in [-0.25, -0.2) is 4.79 Å². The zero-order valence-electron chi connectivity index (χ0n) is 5.82. The minimum atomic E-state index is -0.573. The van der Waals surface area contributed by atoms with Crippen LogP contribution in [-0.2, 0) is 0 Å². The van der Waals surface area contributed by atoms with Gasteiger partial charge >= 0.3 is 5.69 Å². The normalized spacial score (nSPS) is 8.45. The molecule has 1 aromatic heterocycles. The third kappa shape index (κ3) is 1.58. The van der Waals surface area contributed by atoms with E-state index in [2.05, 4.69) is 23.0 Å². The van der Waals surface area contributed by atoms with E-state index in [-0.39, 0.29) is 5.56 Å². The summed E-state index contributed by atoms with van der Waals surface area (Å²) in [6.45, 7) is 1.60. The van der Waals surface area contributed by atoms with Crippen LogP contribution in [0.3, 0.4) is 0 Å². The highest BCUT2D eigenvalue weighted by Crippen LogP contribution is 1.75. The molecule has 0 aliphatic carbocycles. The predicted molar refractivity (Wildman–Crippen MR) is 39.1 cm³/mol. The highest BCUT2D eigenvalue weighted by Gasteiger charge is 1.93. The molecule has 0 aliphatic heterocycles. The molecule has 0 bridgehead atoms. The molecule has 1 heterocycles. The first-order valence-corrected chi connectivity index (χ1v) is 2.91. The van der Waals surface area contributed by atoms with Crippen LogP contribution in [0, 0.1) is 18.0 Å². The van der Waals surface area contributed by atoms with Gasteiger partial charge in [-0.1, -0.05) is 5.92 Å². The summed E-state index contributed by atoms with van der Waals surface area (Å²) in [6.07, 6.45) is 2.35. The van der Waals surface area contributed by atoms with E-state index in [1.165, 1.54) is 0 Å². The second kappa shape index (κ2) is 2.88. The quantitative estimate of drug-likeness (QED) is 0.476. The lowest BCUT2D eigenvalue weighted by Gasteiger charge is -1.83. The molecule has 55 valence electrons. The Hall–Kier alpha value is -1.76. The predicted octanol–water partition coefficient (Wildman–Crippen LogP) is -0.765. The average molecular weight is 149 g/mol. The van der Waals surface area contributed by atoms with Crippen molar-refractivity contribution in [3.05, 3.63) is 32.6 Å². The summed E-state index contributed by atoms with van der Waals surface area (Å²) in [5, 5.41) is 0. The van der Waals surface area contributed by atoms with Crippen molar-refractivity contribution < 1.29 is 0 Å². The van der Waals surface area contributed by atoms with Crippen LogP contribution in [0.15, 0.2) is 9.59 Å². The van der Waals surface area contributed by atoms with Crippen LogP contribution in [0.2, 0.25) is 0 Å². The van der Waals surface area contributed by atoms with Crippen molar-refractivity contribution in [2.24, 2.45) is 0 Å². The smallest absolute Gasteiger partial charge is 0.304 e. The molecule has 0 amide bonds. The fourth-order valence-electron chi connectivity index (χ4n) is 0.586. The fourth-order valence-corrected chi connectivity index (χ4v) is 0.586. The van der Waals surface area contributed by atoms with E-state index in [4.69, 9.17) is 0 Å². The van der Waals surface area contributed by atoms with Crippen LogP contribution in [-0.4, -0.2) is 9.97 Å². The molecule has 1 aromatic rings. The summed E-state index contributed by atoms with van der Waals surface area (Å²) in [5.74, 6) is 5.00. The summed E-state index contributed by atoms with van der Waals surface area (Å²) < 4.78 is 0. The van der Waals surface area contributed by atoms with E-state index >= 15 is 0 Å². The number of aromatic nitrogens is 2. The summed E-state index contributed by atoms with van der Waals surface area (Å²) in [4.78, 5) is 25.5. The van der Waals surface area contributed by atoms with Crippen LogP contribution >= 0.6 is 0 Å². The zero-order chi connectivity index (χ0) is 8.27. The first-order chi connectivity index (χ1) is 5.24. The highest BCUT2D eigenvalue weighted by atomic mass is 16.2. The lowest BCUT2D eigenvalue weighted by Crippen LogP contribution is -2.23. The fraction of sp³-hybridized carbons (Fsp3) is 0.143. The van der Waals surface area contributed by atoms with Crippen molar-refractivity contribution in [1.29, 1.82) is 0 Å². The van der Waals surface area contributed by atoms with Crippen LogP contribution in [0.5, 0.6) is 0 Å². The molecule has 2 N–H and O–H groups in total. The van der Waals surface area contributed by atoms with E-state index in [0.717, 1.165) is 0 Å². The monoisotopic (exact) mass is 149 g/mol. The lowest BCUT2D eigenvalue weighted by molar-refractivity contribution is 1.02. The Bertz CT molecular complexity index is 416. The molecular weight excluding hydrogens is 144 g/mol. The molecule has 1 rings (SSSR count). The van der Waals surface area contributed by atoms with Gasteiger partial charge in [0.25, 0.3) is 5.56 Å². The van der Waals surface area contributed by atoms with E-state index in [1.807, 2.05) is 4.98 Å². The van der Waals surface area contributed by atoms with Gasteiger partial charge in [0.1, 0.15) is 5.56 Å². The summed E-state index contributed by atoms with van der Waals surface area (Å²) >= 11 is 0. The molecule has 0 fully saturated rings. The van der Waals surface area contributed by atoms with Crippen LogP contribution in [0.4, 0.5) is 0 Å². The summed E-state index contributed by atoms with van der Waals surface area (Å²) in [6, 6.07) is 0. The molecule has 0 saturated heterocycles. The van der Waals surface area contributed by atoms with Gasteiger partial charge in [-0.3, -0.25) is 9.78 Å². The van der Waals surface area contributed by atoms with Gasteiger partial charge < -0.3 is 4.98 Å². The van der Waals surface area contributed by atoms with Gasteiger partial charge in [0.05, 0.1) is 6.20 Å². The maximum atomic E-state index is 10.8. The first-order valence-electron chi connectivity index (χ1n) is 2.91. The van der Waals surface area contributed by atoms with Gasteiger partial charge in [-0.15, -0.1) is 5.92 Å². The molecule has 0 atom stereocenters. The number of rotatable bonds is 0. The van der Waals surface area contributed by atoms with Gasteiger partial charge in [-0.05, 0) is 6.92 Å². The van der Waals surface area contributed by atoms with Gasteiger partial charge in [0.15, 0.2) is 0 Å². The van der Waals surface area contributed by atoms with Crippen molar-refractivity contribution in [3.8, 4) is 11.8 Å². The van der Waals surface area contributed by atoms with Gasteiger partial charge in [0, 0.05) is 0 Å². The standard InChI is InChI=1S/C7H5N2O2/c1-2-3-5-4-8-7(11)9-6(5)10/h1H3,(H2,8,9,10,11). The summed E-state index contributed by atoms with van der Waals surface area (Å²) in [5.41, 5.74) is -0.938. The third-order valence-corrected chi connectivity index (χ3v) is 1.01. The molecule has 0 saturated carbocycles. The van der Waals surface area contributed by atoms with Gasteiger partial charge in [0.2, 0.25) is 0 Å². The number of H-pyrrole nitrogens is 2. The van der Waals surface area contributed by atoms with Crippen molar-refractivity contribution in [2.45, 2.75) is 6.92 Å². The minimum Gasteiger partial charge on any atom is -0.304 e. The minimum absolute atomic E-state index is 0.145. The second-order valence-corrected chi connectivity index (χ2v) is 1.78. The maximum absolute atomic E-state index is 10.8. The Morgan fingerprint density at radius 2 is 2.18 bits per heavy atom. The molecular formula is C7H5N2O2. The number of nitrogens with one attached hydrogen (secondary N) is 2. The van der Waals surface area contributed by atoms with Crippen molar-refractivity contribution in [2.75, 3.05) is 0 Å². The van der Waals surface area contributed by atoms with Crippen molar-refractivity contribution >= 4 is 0 Å². The number of hydrogen-bond donors (Lipinski definition) is 2. The Morgan fingerprint density at radius 1 is 1.45 bits per heavy atom. The molecule has 4 heteroatoms. The van der Waals surface area contributed by atoms with Crippen LogP contribution in [0.25, 0.3) is 0 Å². The molecule has 1 radical (unpaired) electrons. The second-order valence-electron chi connectivity index (χ2n) is 1.78. The Morgan fingerprint density at radius 3 is 2.73 bits per heavy atom. The largest absolute Gasteiger partial charge is 0.326 e. The summed E-state index contributed by atoms with van der Waals surface area (Å²) in [7, 11) is 0. The van der Waals surface area contributed by atoms with Crippen LogP contribution < -0.4 is 11.2 Å². The Kier molecular flexibility index (Phi) is 1.93. The first kappa shape index (κ1) is 7.35. The average Bonchev–Trinajstić information content (AvgIpc) is 1.95. The lowest BCUT2D eigenvalue weighted by atomic mass is 10.3. The van der Waals surface area contributed by atoms with Crippen molar-refractivity contribution in [1.82, 2.24) is 9.97 Å². The molecule has 11 heavy (non-hydrogen) atoms. The number of aromatic amines is 2. The van der Waals surface area contributed by atoms with E-state index in [9.17, 15) is 9.59 Å². The van der Waals surface area contributed by atoms with Crippen LogP contribution in [0.1, 0.15) is 12.5 Å². The number of hydrogen-bond acceptors (Lipinski definition) is 2.